The van der Waals surface area contributed by atoms with Gasteiger partial charge in [0.1, 0.15) is 11.5 Å². The summed E-state index contributed by atoms with van der Waals surface area (Å²) in [6.07, 6.45) is 10.4. The molecule has 222 valence electrons. The van der Waals surface area contributed by atoms with Crippen LogP contribution in [0.1, 0.15) is 97.2 Å². The second kappa shape index (κ2) is 9.32. The largest absolute Gasteiger partial charge is 0.478 e. The molecule has 0 radical (unpaired) electrons. The van der Waals surface area contributed by atoms with Crippen molar-refractivity contribution >= 4 is 11.7 Å². The van der Waals surface area contributed by atoms with Gasteiger partial charge in [0.15, 0.2) is 5.82 Å². The van der Waals surface area contributed by atoms with Gasteiger partial charge in [-0.3, -0.25) is 9.69 Å². The quantitative estimate of drug-likeness (QED) is 0.295. The van der Waals surface area contributed by atoms with Crippen LogP contribution in [0.5, 0.6) is 5.88 Å². The monoisotopic (exact) mass is 573 g/mol. The van der Waals surface area contributed by atoms with E-state index in [4.69, 9.17) is 19.2 Å². The molecule has 42 heavy (non-hydrogen) atoms. The zero-order chi connectivity index (χ0) is 29.4. The van der Waals surface area contributed by atoms with Crippen LogP contribution >= 0.6 is 0 Å². The fourth-order valence-corrected chi connectivity index (χ4v) is 7.88. The number of fused-ring (bicyclic) bond motifs is 3. The average Bonchev–Trinajstić information content (AvgIpc) is 3.48. The van der Waals surface area contributed by atoms with Gasteiger partial charge in [0.05, 0.1) is 12.0 Å². The number of ether oxygens (including phenoxy) is 1. The SMILES string of the molecule is CCOc1ccc(-c2ccnc(N(CC34CCC(c5noc(C(C)(C)C)n5)(CC3)CC4)C(=O)C34CC(F)(C3)C4)c2)cn1. The molecule has 0 aromatic carbocycles. The fourth-order valence-electron chi connectivity index (χ4n) is 7.88. The lowest BCUT2D eigenvalue weighted by Crippen LogP contribution is -2.71. The molecule has 0 saturated heterocycles. The highest BCUT2D eigenvalue weighted by atomic mass is 19.1. The van der Waals surface area contributed by atoms with Crippen molar-refractivity contribution in [2.45, 2.75) is 102 Å². The molecule has 0 spiro atoms. The zero-order valence-electron chi connectivity index (χ0n) is 25.1. The third-order valence-electron chi connectivity index (χ3n) is 10.5. The van der Waals surface area contributed by atoms with Gasteiger partial charge in [-0.15, -0.1) is 0 Å². The van der Waals surface area contributed by atoms with Gasteiger partial charge in [0.25, 0.3) is 0 Å². The van der Waals surface area contributed by atoms with Gasteiger partial charge >= 0.3 is 0 Å². The number of hydrogen-bond donors (Lipinski definition) is 0. The summed E-state index contributed by atoms with van der Waals surface area (Å²) in [4.78, 5) is 30.0. The molecule has 6 fully saturated rings. The second-order valence-corrected chi connectivity index (χ2v) is 14.5. The third kappa shape index (κ3) is 4.42. The lowest BCUT2D eigenvalue weighted by atomic mass is 9.41. The maximum absolute atomic E-state index is 14.6. The Bertz CT molecular complexity index is 1470. The predicted octanol–water partition coefficient (Wildman–Crippen LogP) is 6.74. The van der Waals surface area contributed by atoms with Crippen LogP contribution in [0.4, 0.5) is 10.2 Å². The van der Waals surface area contributed by atoms with Crippen molar-refractivity contribution in [3.8, 4) is 17.0 Å². The first-order valence-electron chi connectivity index (χ1n) is 15.4. The van der Waals surface area contributed by atoms with E-state index in [1.165, 1.54) is 0 Å². The first-order valence-corrected chi connectivity index (χ1v) is 15.4. The van der Waals surface area contributed by atoms with Crippen molar-refractivity contribution in [2.75, 3.05) is 18.1 Å². The summed E-state index contributed by atoms with van der Waals surface area (Å²) in [6.45, 7) is 9.35. The van der Waals surface area contributed by atoms with E-state index in [2.05, 4.69) is 30.9 Å². The fraction of sp³-hybridized carbons (Fsp3) is 0.606. The van der Waals surface area contributed by atoms with Crippen LogP contribution in [0.15, 0.2) is 41.2 Å². The number of pyridine rings is 2. The predicted molar refractivity (Wildman–Crippen MR) is 156 cm³/mol. The maximum atomic E-state index is 14.6. The summed E-state index contributed by atoms with van der Waals surface area (Å²) in [5.74, 6) is 2.77. The van der Waals surface area contributed by atoms with Gasteiger partial charge in [-0.1, -0.05) is 25.9 Å². The standard InChI is InChI=1S/C33H40FN5O3/c1-5-41-25-7-6-23(17-36-25)22-8-15-35-24(16-22)39(28(40)32-18-33(34,19-32)20-32)21-30-9-12-31(13-10-30,14-11-30)26-37-27(42-38-26)29(2,3)4/h6-8,15-17H,5,9-14,18-21H2,1-4H3. The number of aromatic nitrogens is 4. The molecule has 6 aliphatic carbocycles. The molecule has 6 saturated carbocycles. The zero-order valence-corrected chi connectivity index (χ0v) is 25.1. The number of rotatable bonds is 8. The van der Waals surface area contributed by atoms with E-state index in [0.29, 0.717) is 50.0 Å². The molecule has 1 amide bonds. The Labute approximate surface area is 246 Å². The molecule has 9 heteroatoms. The third-order valence-corrected chi connectivity index (χ3v) is 10.5. The van der Waals surface area contributed by atoms with Crippen molar-refractivity contribution < 1.29 is 18.4 Å². The summed E-state index contributed by atoms with van der Waals surface area (Å²) < 4.78 is 25.8. The molecule has 3 aromatic rings. The van der Waals surface area contributed by atoms with Crippen molar-refractivity contribution in [1.82, 2.24) is 20.1 Å². The normalized spacial score (nSPS) is 31.3. The molecule has 0 N–H and O–H groups in total. The smallest absolute Gasteiger partial charge is 0.234 e. The van der Waals surface area contributed by atoms with Gasteiger partial charge in [0.2, 0.25) is 17.7 Å². The average molecular weight is 574 g/mol. The van der Waals surface area contributed by atoms with Crippen LogP contribution in [0, 0.1) is 10.8 Å². The summed E-state index contributed by atoms with van der Waals surface area (Å²) >= 11 is 0. The minimum Gasteiger partial charge on any atom is -0.478 e. The van der Waals surface area contributed by atoms with Crippen LogP contribution in [0.2, 0.25) is 0 Å². The van der Waals surface area contributed by atoms with E-state index >= 15 is 0 Å². The molecule has 0 aliphatic heterocycles. The number of carbonyl (C=O) groups is 1. The van der Waals surface area contributed by atoms with Crippen molar-refractivity contribution in [2.24, 2.45) is 10.8 Å². The summed E-state index contributed by atoms with van der Waals surface area (Å²) in [5, 5.41) is 4.44. The number of amides is 1. The minimum absolute atomic E-state index is 0.0106. The summed E-state index contributed by atoms with van der Waals surface area (Å²) in [5.41, 5.74) is -0.114. The van der Waals surface area contributed by atoms with E-state index < -0.39 is 11.1 Å². The van der Waals surface area contributed by atoms with Gasteiger partial charge in [-0.2, -0.15) is 4.98 Å². The lowest BCUT2D eigenvalue weighted by molar-refractivity contribution is -0.211. The highest BCUT2D eigenvalue weighted by molar-refractivity contribution is 6.00. The molecule has 0 atom stereocenters. The number of halogens is 1. The molecule has 3 heterocycles. The van der Waals surface area contributed by atoms with Crippen LogP contribution in [0.3, 0.4) is 0 Å². The Morgan fingerprint density at radius 2 is 1.74 bits per heavy atom. The second-order valence-electron chi connectivity index (χ2n) is 14.5. The number of nitrogens with zero attached hydrogens (tertiary/aromatic N) is 5. The van der Waals surface area contributed by atoms with E-state index in [-0.39, 0.29) is 22.2 Å². The van der Waals surface area contributed by atoms with Gasteiger partial charge in [-0.05, 0) is 93.9 Å². The summed E-state index contributed by atoms with van der Waals surface area (Å²) in [7, 11) is 0. The van der Waals surface area contributed by atoms with Crippen LogP contribution < -0.4 is 9.64 Å². The van der Waals surface area contributed by atoms with Gasteiger partial charge in [-0.25, -0.2) is 14.4 Å². The van der Waals surface area contributed by atoms with Crippen LogP contribution in [0.25, 0.3) is 11.1 Å². The van der Waals surface area contributed by atoms with E-state index in [1.54, 1.807) is 12.4 Å². The molecular weight excluding hydrogens is 533 g/mol. The minimum atomic E-state index is -1.14. The molecule has 6 aliphatic rings. The first-order chi connectivity index (χ1) is 20.0. The maximum Gasteiger partial charge on any atom is 0.234 e. The molecule has 8 nitrogen and oxygen atoms in total. The number of alkyl halides is 1. The Balaban J connectivity index is 1.15. The van der Waals surface area contributed by atoms with Crippen LogP contribution in [-0.2, 0) is 15.6 Å². The molecule has 0 unspecified atom stereocenters. The van der Waals surface area contributed by atoms with Crippen molar-refractivity contribution in [3.63, 3.8) is 0 Å². The van der Waals surface area contributed by atoms with Crippen molar-refractivity contribution in [3.05, 3.63) is 48.4 Å². The lowest BCUT2D eigenvalue weighted by Gasteiger charge is -2.65. The number of hydrogen-bond acceptors (Lipinski definition) is 7. The molecule has 9 rings (SSSR count). The Hall–Kier alpha value is -3.36. The van der Waals surface area contributed by atoms with Gasteiger partial charge < -0.3 is 9.26 Å². The molecule has 4 bridgehead atoms. The highest BCUT2D eigenvalue weighted by Gasteiger charge is 2.73. The van der Waals surface area contributed by atoms with E-state index in [0.717, 1.165) is 55.5 Å². The highest BCUT2D eigenvalue weighted by Crippen LogP contribution is 2.70. The Kier molecular flexibility index (Phi) is 6.09. The topological polar surface area (TPSA) is 94.2 Å². The number of anilines is 1. The van der Waals surface area contributed by atoms with Gasteiger partial charge in [0, 0.05) is 41.4 Å². The van der Waals surface area contributed by atoms with Crippen LogP contribution in [-0.4, -0.2) is 44.8 Å². The van der Waals surface area contributed by atoms with Crippen molar-refractivity contribution in [1.29, 1.82) is 0 Å². The Morgan fingerprint density at radius 3 is 2.31 bits per heavy atom. The Morgan fingerprint density at radius 1 is 1.02 bits per heavy atom. The summed E-state index contributed by atoms with van der Waals surface area (Å²) in [6, 6.07) is 7.74. The number of carbonyl (C=O) groups excluding carboxylic acids is 1. The first kappa shape index (κ1) is 27.5. The molecular formula is C33H40FN5O3. The van der Waals surface area contributed by atoms with E-state index in [9.17, 15) is 9.18 Å². The molecule has 3 aromatic heterocycles. The van der Waals surface area contributed by atoms with E-state index in [1.807, 2.05) is 36.1 Å².